The lowest BCUT2D eigenvalue weighted by Crippen LogP contribution is -2.64. The Bertz CT molecular complexity index is 679. The largest absolute Gasteiger partial charge is 0.478 e. The van der Waals surface area contributed by atoms with Crippen LogP contribution in [-0.2, 0) is 21.2 Å². The zero-order chi connectivity index (χ0) is 14.5. The molecule has 3 aliphatic rings. The van der Waals surface area contributed by atoms with Crippen molar-refractivity contribution in [3.63, 3.8) is 0 Å². The van der Waals surface area contributed by atoms with E-state index in [1.54, 1.807) is 12.1 Å². The van der Waals surface area contributed by atoms with Crippen LogP contribution in [0.15, 0.2) is 24.3 Å². The van der Waals surface area contributed by atoms with Gasteiger partial charge in [0.1, 0.15) is 5.25 Å². The molecule has 3 fully saturated rings. The van der Waals surface area contributed by atoms with Gasteiger partial charge in [-0.1, -0.05) is 12.1 Å². The molecule has 1 aromatic rings. The molecule has 7 heteroatoms. The Morgan fingerprint density at radius 1 is 1.30 bits per heavy atom. The van der Waals surface area contributed by atoms with Gasteiger partial charge in [0, 0.05) is 13.1 Å². The Balaban J connectivity index is 1.73. The smallest absolute Gasteiger partial charge is 0.335 e. The van der Waals surface area contributed by atoms with Gasteiger partial charge in [-0.05, 0) is 24.1 Å². The Labute approximate surface area is 115 Å². The third-order valence-corrected chi connectivity index (χ3v) is 6.38. The number of carbonyl (C=O) groups excluding carboxylic acids is 1. The molecular formula is C13H13NO5S. The third kappa shape index (κ3) is 1.89. The molecule has 1 N–H and O–H groups in total. The van der Waals surface area contributed by atoms with Gasteiger partial charge in [0.05, 0.1) is 10.8 Å². The van der Waals surface area contributed by atoms with Gasteiger partial charge in [-0.25, -0.2) is 13.2 Å². The summed E-state index contributed by atoms with van der Waals surface area (Å²) in [6, 6.07) is 6.24. The predicted molar refractivity (Wildman–Crippen MR) is 69.9 cm³/mol. The minimum atomic E-state index is -3.23. The molecule has 2 bridgehead atoms. The van der Waals surface area contributed by atoms with Crippen molar-refractivity contribution in [3.05, 3.63) is 35.4 Å². The molecule has 2 unspecified atom stereocenters. The zero-order valence-corrected chi connectivity index (χ0v) is 11.3. The van der Waals surface area contributed by atoms with E-state index >= 15 is 0 Å². The minimum Gasteiger partial charge on any atom is -0.478 e. The Hall–Kier alpha value is -1.89. The minimum absolute atomic E-state index is 0.184. The molecule has 20 heavy (non-hydrogen) atoms. The van der Waals surface area contributed by atoms with Crippen molar-refractivity contribution in [1.82, 2.24) is 4.90 Å². The maximum atomic E-state index is 12.0. The van der Waals surface area contributed by atoms with Crippen LogP contribution >= 0.6 is 0 Å². The first-order chi connectivity index (χ1) is 9.39. The van der Waals surface area contributed by atoms with Gasteiger partial charge in [0.15, 0.2) is 9.84 Å². The molecule has 6 nitrogen and oxygen atoms in total. The molecular weight excluding hydrogens is 282 g/mol. The predicted octanol–water partition coefficient (Wildman–Crippen LogP) is 0.283. The fraction of sp³-hybridized carbons (Fsp3) is 0.385. The van der Waals surface area contributed by atoms with Crippen molar-refractivity contribution in [2.75, 3.05) is 6.54 Å². The topological polar surface area (TPSA) is 91.8 Å². The van der Waals surface area contributed by atoms with Crippen LogP contribution in [0.4, 0.5) is 0 Å². The Morgan fingerprint density at radius 3 is 2.45 bits per heavy atom. The molecule has 0 radical (unpaired) electrons. The fourth-order valence-electron chi connectivity index (χ4n) is 2.69. The highest BCUT2D eigenvalue weighted by atomic mass is 32.2. The van der Waals surface area contributed by atoms with Crippen LogP contribution in [0.2, 0.25) is 0 Å². The summed E-state index contributed by atoms with van der Waals surface area (Å²) in [5, 5.41) is 7.52. The second-order valence-corrected chi connectivity index (χ2v) is 7.57. The van der Waals surface area contributed by atoms with Gasteiger partial charge in [-0.3, -0.25) is 4.79 Å². The molecule has 0 saturated carbocycles. The van der Waals surface area contributed by atoms with E-state index in [0.717, 1.165) is 5.56 Å². The zero-order valence-electron chi connectivity index (χ0n) is 10.5. The monoisotopic (exact) mass is 295 g/mol. The van der Waals surface area contributed by atoms with Crippen LogP contribution in [0, 0.1) is 0 Å². The Morgan fingerprint density at radius 2 is 1.95 bits per heavy atom. The van der Waals surface area contributed by atoms with Gasteiger partial charge in [-0.2, -0.15) is 0 Å². The lowest BCUT2D eigenvalue weighted by molar-refractivity contribution is -0.134. The van der Waals surface area contributed by atoms with Gasteiger partial charge in [0.2, 0.25) is 5.91 Å². The maximum Gasteiger partial charge on any atom is 0.335 e. The molecule has 1 aromatic carbocycles. The number of amides is 1. The molecule has 1 amide bonds. The number of sulfone groups is 1. The van der Waals surface area contributed by atoms with Gasteiger partial charge < -0.3 is 10.0 Å². The number of benzene rings is 1. The highest BCUT2D eigenvalue weighted by Gasteiger charge is 2.56. The van der Waals surface area contributed by atoms with E-state index in [1.807, 2.05) is 0 Å². The summed E-state index contributed by atoms with van der Waals surface area (Å²) in [6.07, 6.45) is 0.440. The maximum absolute atomic E-state index is 12.0. The number of aromatic carboxylic acids is 1. The standard InChI is InChI=1S/C13H13NO5S/c15-12-11-5-10(20(11,18)19)7-14(12)6-8-1-3-9(4-2-8)13(16)17/h1-4,10-11H,5-7H2,(H,16,17). The number of carboxylic acids is 1. The van der Waals surface area contributed by atoms with Crippen LogP contribution in [0.3, 0.4) is 0 Å². The lowest BCUT2D eigenvalue weighted by atomic mass is 10.1. The first-order valence-electron chi connectivity index (χ1n) is 6.23. The number of hydrogen-bond acceptors (Lipinski definition) is 4. The van der Waals surface area contributed by atoms with Gasteiger partial charge in [0.25, 0.3) is 0 Å². The lowest BCUT2D eigenvalue weighted by Gasteiger charge is -2.45. The average Bonchev–Trinajstić information content (AvgIpc) is 2.41. The normalized spacial score (nSPS) is 27.0. The summed E-state index contributed by atoms with van der Waals surface area (Å²) in [5.74, 6) is -1.34. The third-order valence-electron chi connectivity index (χ3n) is 3.92. The van der Waals surface area contributed by atoms with Crippen LogP contribution < -0.4 is 0 Å². The van der Waals surface area contributed by atoms with E-state index in [4.69, 9.17) is 5.11 Å². The summed E-state index contributed by atoms with van der Waals surface area (Å²) in [7, 11) is -3.23. The second kappa shape index (κ2) is 4.31. The van der Waals surface area contributed by atoms with Gasteiger partial charge >= 0.3 is 5.97 Å². The number of hydrogen-bond donors (Lipinski definition) is 1. The second-order valence-electron chi connectivity index (χ2n) is 5.16. The molecule has 2 atom stereocenters. The van der Waals surface area contributed by atoms with Crippen molar-refractivity contribution < 1.29 is 23.1 Å². The Kier molecular flexibility index (Phi) is 2.82. The number of nitrogens with zero attached hydrogens (tertiary/aromatic N) is 1. The molecule has 106 valence electrons. The number of carboxylic acid groups (broad SMARTS) is 1. The first kappa shape index (κ1) is 13.1. The summed E-state index contributed by atoms with van der Waals surface area (Å²) < 4.78 is 23.3. The number of piperidine rings is 1. The van der Waals surface area contributed by atoms with Crippen molar-refractivity contribution in [1.29, 1.82) is 0 Å². The molecule has 3 heterocycles. The molecule has 3 saturated heterocycles. The molecule has 0 aromatic heterocycles. The quantitative estimate of drug-likeness (QED) is 0.865. The van der Waals surface area contributed by atoms with Crippen molar-refractivity contribution >= 4 is 21.7 Å². The summed E-state index contributed by atoms with van der Waals surface area (Å²) in [5.41, 5.74) is 0.978. The van der Waals surface area contributed by atoms with E-state index in [0.29, 0.717) is 13.0 Å². The van der Waals surface area contributed by atoms with Crippen LogP contribution in [-0.4, -0.2) is 47.3 Å². The van der Waals surface area contributed by atoms with Crippen LogP contribution in [0.1, 0.15) is 22.3 Å². The van der Waals surface area contributed by atoms with Gasteiger partial charge in [-0.15, -0.1) is 0 Å². The number of rotatable bonds is 3. The van der Waals surface area contributed by atoms with E-state index in [-0.39, 0.29) is 18.0 Å². The molecule has 3 aliphatic heterocycles. The molecule has 0 spiro atoms. The first-order valence-corrected chi connectivity index (χ1v) is 7.84. The average molecular weight is 295 g/mol. The van der Waals surface area contributed by atoms with Crippen molar-refractivity contribution in [2.24, 2.45) is 0 Å². The van der Waals surface area contributed by atoms with E-state index in [1.165, 1.54) is 17.0 Å². The van der Waals surface area contributed by atoms with E-state index < -0.39 is 26.3 Å². The SMILES string of the molecule is O=C(O)c1ccc(CN2CC3CC(C2=O)S3(=O)=O)cc1. The number of carbonyl (C=O) groups is 2. The fourth-order valence-corrected chi connectivity index (χ4v) is 4.58. The molecule has 4 rings (SSSR count). The summed E-state index contributed by atoms with van der Waals surface area (Å²) in [4.78, 5) is 24.3. The highest BCUT2D eigenvalue weighted by molar-refractivity contribution is 7.95. The van der Waals surface area contributed by atoms with E-state index in [2.05, 4.69) is 0 Å². The van der Waals surface area contributed by atoms with Crippen molar-refractivity contribution in [2.45, 2.75) is 23.5 Å². The van der Waals surface area contributed by atoms with Crippen LogP contribution in [0.5, 0.6) is 0 Å². The molecule has 0 aliphatic carbocycles. The summed E-state index contributed by atoms with van der Waals surface area (Å²) >= 11 is 0. The van der Waals surface area contributed by atoms with Crippen LogP contribution in [0.25, 0.3) is 0 Å². The number of fused-ring (bicyclic) bond motifs is 2. The van der Waals surface area contributed by atoms with E-state index in [9.17, 15) is 18.0 Å². The van der Waals surface area contributed by atoms with Crippen molar-refractivity contribution in [3.8, 4) is 0 Å². The summed E-state index contributed by atoms with van der Waals surface area (Å²) in [6.45, 7) is 0.555. The highest BCUT2D eigenvalue weighted by Crippen LogP contribution is 2.36.